The smallest absolute Gasteiger partial charge is 0.225 e. The zero-order valence-corrected chi connectivity index (χ0v) is 13.5. The minimum Gasteiger partial charge on any atom is -0.508 e. The number of aliphatic hydroxyl groups is 1. The number of anilines is 3. The summed E-state index contributed by atoms with van der Waals surface area (Å²) in [6, 6.07) is 6.51. The van der Waals surface area contributed by atoms with Crippen molar-refractivity contribution in [1.29, 1.82) is 0 Å². The number of benzene rings is 1. The Morgan fingerprint density at radius 2 is 2.09 bits per heavy atom. The van der Waals surface area contributed by atoms with Crippen molar-refractivity contribution in [2.75, 3.05) is 17.2 Å². The Morgan fingerprint density at radius 3 is 2.74 bits per heavy atom. The third-order valence-electron chi connectivity index (χ3n) is 3.61. The molecule has 1 saturated carbocycles. The lowest BCUT2D eigenvalue weighted by Gasteiger charge is -2.14. The van der Waals surface area contributed by atoms with Gasteiger partial charge in [0.25, 0.3) is 0 Å². The fourth-order valence-electron chi connectivity index (χ4n) is 2.19. The zero-order valence-electron chi connectivity index (χ0n) is 12.8. The van der Waals surface area contributed by atoms with Crippen molar-refractivity contribution in [3.63, 3.8) is 0 Å². The SMILES string of the molecule is C[C@H](CO)Nc1nc(Nc2ccc(O)cc2Cl)cc(C2CC2)n1. The predicted molar refractivity (Wildman–Crippen MR) is 90.6 cm³/mol. The molecule has 1 heterocycles. The van der Waals surface area contributed by atoms with Gasteiger partial charge in [0.2, 0.25) is 5.95 Å². The Hall–Kier alpha value is -2.05. The molecule has 122 valence electrons. The Balaban J connectivity index is 1.87. The van der Waals surface area contributed by atoms with E-state index in [1.54, 1.807) is 12.1 Å². The van der Waals surface area contributed by atoms with Gasteiger partial charge in [-0.3, -0.25) is 0 Å². The molecule has 6 nitrogen and oxygen atoms in total. The summed E-state index contributed by atoms with van der Waals surface area (Å²) in [5.41, 5.74) is 1.64. The molecule has 1 fully saturated rings. The van der Waals surface area contributed by atoms with Crippen LogP contribution in [0.15, 0.2) is 24.3 Å². The second kappa shape index (κ2) is 6.60. The molecule has 0 bridgehead atoms. The summed E-state index contributed by atoms with van der Waals surface area (Å²) in [6.07, 6.45) is 2.26. The van der Waals surface area contributed by atoms with E-state index in [1.165, 1.54) is 6.07 Å². The Labute approximate surface area is 139 Å². The summed E-state index contributed by atoms with van der Waals surface area (Å²) in [5.74, 6) is 1.69. The molecule has 0 amide bonds. The zero-order chi connectivity index (χ0) is 16.4. The van der Waals surface area contributed by atoms with Gasteiger partial charge < -0.3 is 20.8 Å². The summed E-state index contributed by atoms with van der Waals surface area (Å²) in [7, 11) is 0. The van der Waals surface area contributed by atoms with Crippen LogP contribution in [-0.2, 0) is 0 Å². The number of rotatable bonds is 6. The molecule has 0 saturated heterocycles. The quantitative estimate of drug-likeness (QED) is 0.606. The molecule has 0 spiro atoms. The van der Waals surface area contributed by atoms with Crippen LogP contribution in [0.25, 0.3) is 0 Å². The van der Waals surface area contributed by atoms with E-state index in [2.05, 4.69) is 20.6 Å². The third kappa shape index (κ3) is 4.03. The van der Waals surface area contributed by atoms with E-state index < -0.39 is 0 Å². The number of nitrogens with zero attached hydrogens (tertiary/aromatic N) is 2. The minimum atomic E-state index is -0.130. The summed E-state index contributed by atoms with van der Waals surface area (Å²) < 4.78 is 0. The Morgan fingerprint density at radius 1 is 1.30 bits per heavy atom. The molecule has 0 unspecified atom stereocenters. The molecule has 3 rings (SSSR count). The first kappa shape index (κ1) is 15.8. The molecule has 7 heteroatoms. The lowest BCUT2D eigenvalue weighted by Crippen LogP contribution is -2.21. The number of hydrogen-bond donors (Lipinski definition) is 4. The van der Waals surface area contributed by atoms with Gasteiger partial charge in [-0.15, -0.1) is 0 Å². The number of halogens is 1. The van der Waals surface area contributed by atoms with Crippen molar-refractivity contribution in [1.82, 2.24) is 9.97 Å². The first-order valence-corrected chi connectivity index (χ1v) is 7.95. The molecule has 1 aliphatic rings. The van der Waals surface area contributed by atoms with E-state index in [1.807, 2.05) is 13.0 Å². The summed E-state index contributed by atoms with van der Waals surface area (Å²) in [4.78, 5) is 8.94. The van der Waals surface area contributed by atoms with Crippen LogP contribution in [0.1, 0.15) is 31.4 Å². The Bertz CT molecular complexity index is 706. The highest BCUT2D eigenvalue weighted by Gasteiger charge is 2.26. The van der Waals surface area contributed by atoms with Gasteiger partial charge in [0.15, 0.2) is 0 Å². The first-order chi connectivity index (χ1) is 11.0. The number of phenols is 1. The van der Waals surface area contributed by atoms with Crippen LogP contribution in [-0.4, -0.2) is 32.8 Å². The standard InChI is InChI=1S/C16H19ClN4O2/c1-9(8-22)18-16-20-14(10-2-3-10)7-15(21-16)19-13-5-4-11(23)6-12(13)17/h4-7,9-10,22-23H,2-3,8H2,1H3,(H2,18,19,20,21)/t9-/m1/s1. The maximum atomic E-state index is 9.43. The van der Waals surface area contributed by atoms with Crippen LogP contribution in [0.4, 0.5) is 17.5 Å². The second-order valence-corrected chi connectivity index (χ2v) is 6.20. The normalized spacial score (nSPS) is 15.3. The van der Waals surface area contributed by atoms with Gasteiger partial charge in [0.1, 0.15) is 11.6 Å². The maximum Gasteiger partial charge on any atom is 0.225 e. The molecule has 1 aromatic heterocycles. The van der Waals surface area contributed by atoms with Gasteiger partial charge in [0, 0.05) is 24.1 Å². The molecular weight excluding hydrogens is 316 g/mol. The largest absolute Gasteiger partial charge is 0.508 e. The maximum absolute atomic E-state index is 9.43. The molecule has 2 aromatic rings. The molecular formula is C16H19ClN4O2. The molecule has 1 aliphatic carbocycles. The van der Waals surface area contributed by atoms with Gasteiger partial charge in [-0.2, -0.15) is 4.98 Å². The molecule has 0 aliphatic heterocycles. The van der Waals surface area contributed by atoms with Crippen LogP contribution >= 0.6 is 11.6 Å². The molecule has 0 radical (unpaired) electrons. The van der Waals surface area contributed by atoms with Crippen LogP contribution in [0.2, 0.25) is 5.02 Å². The fourth-order valence-corrected chi connectivity index (χ4v) is 2.41. The molecule has 1 atom stereocenters. The monoisotopic (exact) mass is 334 g/mol. The van der Waals surface area contributed by atoms with Crippen molar-refractivity contribution in [3.8, 4) is 5.75 Å². The highest BCUT2D eigenvalue weighted by molar-refractivity contribution is 6.33. The summed E-state index contributed by atoms with van der Waals surface area (Å²) >= 11 is 6.13. The van der Waals surface area contributed by atoms with E-state index in [0.29, 0.717) is 28.4 Å². The topological polar surface area (TPSA) is 90.3 Å². The van der Waals surface area contributed by atoms with E-state index in [-0.39, 0.29) is 18.4 Å². The highest BCUT2D eigenvalue weighted by Crippen LogP contribution is 2.40. The first-order valence-electron chi connectivity index (χ1n) is 7.57. The van der Waals surface area contributed by atoms with Gasteiger partial charge in [-0.05, 0) is 31.9 Å². The number of aromatic nitrogens is 2. The summed E-state index contributed by atoms with van der Waals surface area (Å²) in [5, 5.41) is 25.3. The average molecular weight is 335 g/mol. The number of nitrogens with one attached hydrogen (secondary N) is 2. The third-order valence-corrected chi connectivity index (χ3v) is 3.92. The van der Waals surface area contributed by atoms with Gasteiger partial charge in [-0.1, -0.05) is 11.6 Å². The average Bonchev–Trinajstić information content (AvgIpc) is 3.34. The second-order valence-electron chi connectivity index (χ2n) is 5.79. The summed E-state index contributed by atoms with van der Waals surface area (Å²) in [6.45, 7) is 1.86. The lowest BCUT2D eigenvalue weighted by atomic mass is 10.2. The van der Waals surface area contributed by atoms with Crippen LogP contribution in [0.3, 0.4) is 0 Å². The lowest BCUT2D eigenvalue weighted by molar-refractivity contribution is 0.281. The van der Waals surface area contributed by atoms with Crippen molar-refractivity contribution in [3.05, 3.63) is 35.0 Å². The molecule has 1 aromatic carbocycles. The number of aliphatic hydroxyl groups excluding tert-OH is 1. The van der Waals surface area contributed by atoms with Crippen LogP contribution in [0, 0.1) is 0 Å². The number of aromatic hydroxyl groups is 1. The van der Waals surface area contributed by atoms with E-state index in [4.69, 9.17) is 11.6 Å². The number of phenolic OH excluding ortho intramolecular Hbond substituents is 1. The van der Waals surface area contributed by atoms with Crippen molar-refractivity contribution in [2.24, 2.45) is 0 Å². The van der Waals surface area contributed by atoms with E-state index in [9.17, 15) is 10.2 Å². The highest BCUT2D eigenvalue weighted by atomic mass is 35.5. The van der Waals surface area contributed by atoms with Crippen molar-refractivity contribution >= 4 is 29.1 Å². The van der Waals surface area contributed by atoms with Crippen molar-refractivity contribution in [2.45, 2.75) is 31.7 Å². The minimum absolute atomic E-state index is 0.00354. The van der Waals surface area contributed by atoms with Crippen LogP contribution in [0.5, 0.6) is 5.75 Å². The van der Waals surface area contributed by atoms with Gasteiger partial charge >= 0.3 is 0 Å². The van der Waals surface area contributed by atoms with Gasteiger partial charge in [0.05, 0.1) is 23.0 Å². The molecule has 23 heavy (non-hydrogen) atoms. The predicted octanol–water partition coefficient (Wildman–Crippen LogP) is 3.25. The fraction of sp³-hybridized carbons (Fsp3) is 0.375. The van der Waals surface area contributed by atoms with Gasteiger partial charge in [-0.25, -0.2) is 4.98 Å². The van der Waals surface area contributed by atoms with E-state index >= 15 is 0 Å². The molecule has 4 N–H and O–H groups in total. The number of hydrogen-bond acceptors (Lipinski definition) is 6. The van der Waals surface area contributed by atoms with Crippen molar-refractivity contribution < 1.29 is 10.2 Å². The van der Waals surface area contributed by atoms with Crippen LogP contribution < -0.4 is 10.6 Å². The van der Waals surface area contributed by atoms with E-state index in [0.717, 1.165) is 18.5 Å². The Kier molecular flexibility index (Phi) is 4.54.